The van der Waals surface area contributed by atoms with Crippen molar-refractivity contribution in [2.24, 2.45) is 11.8 Å². The molecule has 1 N–H and O–H groups in total. The van der Waals surface area contributed by atoms with Crippen molar-refractivity contribution in [2.75, 3.05) is 52.5 Å². The van der Waals surface area contributed by atoms with E-state index < -0.39 is 0 Å². The van der Waals surface area contributed by atoms with Crippen LogP contribution in [0.2, 0.25) is 0 Å². The first-order valence-corrected chi connectivity index (χ1v) is 11.6. The minimum atomic E-state index is 0.168. The van der Waals surface area contributed by atoms with Crippen LogP contribution in [-0.2, 0) is 9.53 Å². The zero-order valence-corrected chi connectivity index (χ0v) is 17.7. The fourth-order valence-corrected chi connectivity index (χ4v) is 5.27. The Morgan fingerprint density at radius 1 is 0.966 bits per heavy atom. The predicted octanol–water partition coefficient (Wildman–Crippen LogP) is 3.08. The number of benzene rings is 1. The summed E-state index contributed by atoms with van der Waals surface area (Å²) < 4.78 is 5.48. The molecule has 2 aliphatic heterocycles. The van der Waals surface area contributed by atoms with Crippen molar-refractivity contribution >= 4 is 5.91 Å². The van der Waals surface area contributed by atoms with Crippen LogP contribution in [0.3, 0.4) is 0 Å². The Morgan fingerprint density at radius 3 is 2.31 bits per heavy atom. The number of ether oxygens (including phenoxy) is 1. The largest absolute Gasteiger partial charge is 0.381 e. The van der Waals surface area contributed by atoms with E-state index in [1.165, 1.54) is 50.6 Å². The second-order valence-electron chi connectivity index (χ2n) is 9.13. The number of piperazine rings is 1. The average molecular weight is 400 g/mol. The summed E-state index contributed by atoms with van der Waals surface area (Å²) >= 11 is 0. The van der Waals surface area contributed by atoms with E-state index in [1.807, 2.05) is 0 Å². The second-order valence-corrected chi connectivity index (χ2v) is 9.13. The third-order valence-corrected chi connectivity index (χ3v) is 7.04. The first-order chi connectivity index (χ1) is 14.3. The van der Waals surface area contributed by atoms with Crippen LogP contribution in [0.4, 0.5) is 0 Å². The number of hydrogen-bond acceptors (Lipinski definition) is 4. The minimum Gasteiger partial charge on any atom is -0.381 e. The van der Waals surface area contributed by atoms with Crippen LogP contribution >= 0.6 is 0 Å². The van der Waals surface area contributed by atoms with E-state index in [4.69, 9.17) is 4.74 Å². The first-order valence-electron chi connectivity index (χ1n) is 11.6. The summed E-state index contributed by atoms with van der Waals surface area (Å²) in [7, 11) is 0. The molecule has 5 nitrogen and oxygen atoms in total. The summed E-state index contributed by atoms with van der Waals surface area (Å²) in [6.45, 7) is 7.72. The van der Waals surface area contributed by atoms with Gasteiger partial charge < -0.3 is 15.0 Å². The van der Waals surface area contributed by atoms with Gasteiger partial charge in [-0.05, 0) is 43.1 Å². The van der Waals surface area contributed by atoms with Gasteiger partial charge in [0.05, 0.1) is 12.6 Å². The lowest BCUT2D eigenvalue weighted by Gasteiger charge is -2.37. The molecule has 1 aromatic rings. The number of amides is 1. The molecule has 5 heteroatoms. The average Bonchev–Trinajstić information content (AvgIpc) is 3.29. The Kier molecular flexibility index (Phi) is 7.58. The molecule has 2 saturated heterocycles. The SMILES string of the molecule is O=C(CN1CCN(CC2CCOCC2)CC1)NC(c1ccccc1)C1CCCC1. The Balaban J connectivity index is 1.24. The quantitative estimate of drug-likeness (QED) is 0.765. The summed E-state index contributed by atoms with van der Waals surface area (Å²) in [4.78, 5) is 17.8. The Morgan fingerprint density at radius 2 is 1.62 bits per heavy atom. The molecular formula is C24H37N3O2. The van der Waals surface area contributed by atoms with Crippen molar-refractivity contribution in [3.8, 4) is 0 Å². The summed E-state index contributed by atoms with van der Waals surface area (Å²) in [5.41, 5.74) is 1.26. The number of hydrogen-bond donors (Lipinski definition) is 1. The molecule has 1 aliphatic carbocycles. The van der Waals surface area contributed by atoms with Crippen LogP contribution in [0, 0.1) is 11.8 Å². The normalized spacial score (nSPS) is 23.9. The number of carbonyl (C=O) groups is 1. The van der Waals surface area contributed by atoms with Crippen LogP contribution in [0.1, 0.15) is 50.1 Å². The van der Waals surface area contributed by atoms with E-state index in [2.05, 4.69) is 45.4 Å². The van der Waals surface area contributed by atoms with E-state index in [-0.39, 0.29) is 11.9 Å². The number of nitrogens with one attached hydrogen (secondary N) is 1. The van der Waals surface area contributed by atoms with Crippen molar-refractivity contribution in [3.63, 3.8) is 0 Å². The molecule has 1 amide bonds. The topological polar surface area (TPSA) is 44.8 Å². The molecule has 160 valence electrons. The molecule has 3 aliphatic rings. The van der Waals surface area contributed by atoms with E-state index in [9.17, 15) is 4.79 Å². The van der Waals surface area contributed by atoms with E-state index in [1.54, 1.807) is 0 Å². The molecule has 4 rings (SSSR count). The van der Waals surface area contributed by atoms with Crippen molar-refractivity contribution in [3.05, 3.63) is 35.9 Å². The monoisotopic (exact) mass is 399 g/mol. The van der Waals surface area contributed by atoms with E-state index in [0.29, 0.717) is 12.5 Å². The highest BCUT2D eigenvalue weighted by atomic mass is 16.5. The highest BCUT2D eigenvalue weighted by molar-refractivity contribution is 5.78. The van der Waals surface area contributed by atoms with Gasteiger partial charge >= 0.3 is 0 Å². The van der Waals surface area contributed by atoms with Crippen molar-refractivity contribution < 1.29 is 9.53 Å². The molecule has 2 heterocycles. The van der Waals surface area contributed by atoms with Crippen LogP contribution < -0.4 is 5.32 Å². The third-order valence-electron chi connectivity index (χ3n) is 7.04. The fourth-order valence-electron chi connectivity index (χ4n) is 5.27. The standard InChI is InChI=1S/C24H37N3O2/c28-23(25-24(22-8-4-5-9-22)21-6-2-1-3-7-21)19-27-14-12-26(13-15-27)18-20-10-16-29-17-11-20/h1-3,6-7,20,22,24H,4-5,8-19H2,(H,25,28). The number of nitrogens with zero attached hydrogens (tertiary/aromatic N) is 2. The highest BCUT2D eigenvalue weighted by Gasteiger charge is 2.29. The maximum Gasteiger partial charge on any atom is 0.234 e. The summed E-state index contributed by atoms with van der Waals surface area (Å²) in [5.74, 6) is 1.55. The molecule has 0 spiro atoms. The van der Waals surface area contributed by atoms with Gasteiger partial charge in [0.2, 0.25) is 5.91 Å². The van der Waals surface area contributed by atoms with Crippen LogP contribution in [0.15, 0.2) is 30.3 Å². The molecule has 3 fully saturated rings. The maximum atomic E-state index is 12.9. The summed E-state index contributed by atoms with van der Waals surface area (Å²) in [5, 5.41) is 3.39. The zero-order valence-electron chi connectivity index (χ0n) is 17.7. The first kappa shape index (κ1) is 20.8. The van der Waals surface area contributed by atoms with Gasteiger partial charge in [-0.3, -0.25) is 9.69 Å². The smallest absolute Gasteiger partial charge is 0.234 e. The Bertz CT molecular complexity index is 618. The lowest BCUT2D eigenvalue weighted by molar-refractivity contribution is -0.123. The van der Waals surface area contributed by atoms with Gasteiger partial charge in [-0.2, -0.15) is 0 Å². The lowest BCUT2D eigenvalue weighted by Crippen LogP contribution is -2.51. The predicted molar refractivity (Wildman–Crippen MR) is 116 cm³/mol. The van der Waals surface area contributed by atoms with Gasteiger partial charge in [0, 0.05) is 45.9 Å². The third kappa shape index (κ3) is 6.03. The molecule has 29 heavy (non-hydrogen) atoms. The molecular weight excluding hydrogens is 362 g/mol. The highest BCUT2D eigenvalue weighted by Crippen LogP contribution is 2.35. The van der Waals surface area contributed by atoms with E-state index in [0.717, 1.165) is 45.3 Å². The minimum absolute atomic E-state index is 0.168. The second kappa shape index (κ2) is 10.6. The molecule has 0 radical (unpaired) electrons. The van der Waals surface area contributed by atoms with Gasteiger partial charge in [0.15, 0.2) is 0 Å². The summed E-state index contributed by atoms with van der Waals surface area (Å²) in [6.07, 6.45) is 7.43. The van der Waals surface area contributed by atoms with Gasteiger partial charge in [-0.1, -0.05) is 43.2 Å². The molecule has 1 saturated carbocycles. The van der Waals surface area contributed by atoms with Crippen molar-refractivity contribution in [1.82, 2.24) is 15.1 Å². The van der Waals surface area contributed by atoms with Gasteiger partial charge in [-0.25, -0.2) is 0 Å². The molecule has 0 aromatic heterocycles. The molecule has 1 unspecified atom stereocenters. The Hall–Kier alpha value is -1.43. The number of carbonyl (C=O) groups excluding carboxylic acids is 1. The van der Waals surface area contributed by atoms with Crippen LogP contribution in [-0.4, -0.2) is 68.2 Å². The summed E-state index contributed by atoms with van der Waals surface area (Å²) in [6, 6.07) is 10.7. The molecule has 1 atom stereocenters. The van der Waals surface area contributed by atoms with Crippen molar-refractivity contribution in [2.45, 2.75) is 44.6 Å². The lowest BCUT2D eigenvalue weighted by atomic mass is 9.91. The molecule has 0 bridgehead atoms. The number of rotatable bonds is 7. The fraction of sp³-hybridized carbons (Fsp3) is 0.708. The van der Waals surface area contributed by atoms with Gasteiger partial charge in [0.1, 0.15) is 0 Å². The molecule has 1 aromatic carbocycles. The van der Waals surface area contributed by atoms with Crippen LogP contribution in [0.25, 0.3) is 0 Å². The van der Waals surface area contributed by atoms with Crippen molar-refractivity contribution in [1.29, 1.82) is 0 Å². The van der Waals surface area contributed by atoms with Gasteiger partial charge in [-0.15, -0.1) is 0 Å². The Labute approximate surface area is 175 Å². The van der Waals surface area contributed by atoms with E-state index >= 15 is 0 Å². The zero-order chi connectivity index (χ0) is 19.9. The van der Waals surface area contributed by atoms with Gasteiger partial charge in [0.25, 0.3) is 0 Å². The maximum absolute atomic E-state index is 12.9. The van der Waals surface area contributed by atoms with Crippen LogP contribution in [0.5, 0.6) is 0 Å².